The van der Waals surface area contributed by atoms with Gasteiger partial charge in [0.2, 0.25) is 5.91 Å². The molecule has 3 unspecified atom stereocenters. The van der Waals surface area contributed by atoms with Gasteiger partial charge in [-0.3, -0.25) is 4.79 Å². The SMILES string of the molecule is COc1ccc(OCCC(=O)N2C(C(=O)O)CC3CCCCC32)cc1. The molecule has 3 atom stereocenters. The maximum atomic E-state index is 12.7. The molecule has 2 aliphatic rings. The van der Waals surface area contributed by atoms with Gasteiger partial charge in [-0.25, -0.2) is 4.79 Å². The summed E-state index contributed by atoms with van der Waals surface area (Å²) in [6.07, 6.45) is 4.93. The van der Waals surface area contributed by atoms with Gasteiger partial charge in [0.05, 0.1) is 20.1 Å². The molecule has 3 rings (SSSR count). The number of hydrogen-bond acceptors (Lipinski definition) is 4. The second kappa shape index (κ2) is 7.76. The van der Waals surface area contributed by atoms with Gasteiger partial charge < -0.3 is 19.5 Å². The van der Waals surface area contributed by atoms with Crippen molar-refractivity contribution in [2.24, 2.45) is 5.92 Å². The van der Waals surface area contributed by atoms with E-state index in [9.17, 15) is 14.7 Å². The van der Waals surface area contributed by atoms with E-state index < -0.39 is 12.0 Å². The molecule has 1 aliphatic heterocycles. The first-order chi connectivity index (χ1) is 12.1. The molecule has 0 bridgehead atoms. The summed E-state index contributed by atoms with van der Waals surface area (Å²) in [6, 6.07) is 6.58. The van der Waals surface area contributed by atoms with Crippen LogP contribution in [0.5, 0.6) is 11.5 Å². The molecule has 0 spiro atoms. The first kappa shape index (κ1) is 17.6. The Morgan fingerprint density at radius 1 is 1.16 bits per heavy atom. The van der Waals surface area contributed by atoms with Crippen molar-refractivity contribution >= 4 is 11.9 Å². The van der Waals surface area contributed by atoms with E-state index in [2.05, 4.69) is 0 Å². The molecule has 1 amide bonds. The van der Waals surface area contributed by atoms with Crippen molar-refractivity contribution in [3.05, 3.63) is 24.3 Å². The Hall–Kier alpha value is -2.24. The number of fused-ring (bicyclic) bond motifs is 1. The highest BCUT2D eigenvalue weighted by Crippen LogP contribution is 2.40. The number of hydrogen-bond donors (Lipinski definition) is 1. The van der Waals surface area contributed by atoms with Crippen LogP contribution in [0, 0.1) is 5.92 Å². The number of aliphatic carboxylic acids is 1. The van der Waals surface area contributed by atoms with E-state index in [0.29, 0.717) is 18.1 Å². The fraction of sp³-hybridized carbons (Fsp3) is 0.579. The highest BCUT2D eigenvalue weighted by molar-refractivity contribution is 5.84. The van der Waals surface area contributed by atoms with E-state index in [-0.39, 0.29) is 25.0 Å². The zero-order valence-corrected chi connectivity index (χ0v) is 14.5. The van der Waals surface area contributed by atoms with Crippen LogP contribution in [0.25, 0.3) is 0 Å². The quantitative estimate of drug-likeness (QED) is 0.856. The molecule has 1 aromatic rings. The number of carbonyl (C=O) groups excluding carboxylic acids is 1. The van der Waals surface area contributed by atoms with Gasteiger partial charge in [-0.1, -0.05) is 12.8 Å². The van der Waals surface area contributed by atoms with Crippen LogP contribution in [0.15, 0.2) is 24.3 Å². The molecule has 2 fully saturated rings. The third kappa shape index (κ3) is 3.89. The third-order valence-corrected chi connectivity index (χ3v) is 5.31. The van der Waals surface area contributed by atoms with Crippen LogP contribution >= 0.6 is 0 Å². The first-order valence-electron chi connectivity index (χ1n) is 8.91. The topological polar surface area (TPSA) is 76.1 Å². The minimum Gasteiger partial charge on any atom is -0.497 e. The molecule has 136 valence electrons. The van der Waals surface area contributed by atoms with Crippen molar-refractivity contribution in [3.63, 3.8) is 0 Å². The lowest BCUT2D eigenvalue weighted by Crippen LogP contribution is -2.46. The van der Waals surface area contributed by atoms with Crippen molar-refractivity contribution in [2.75, 3.05) is 13.7 Å². The van der Waals surface area contributed by atoms with Gasteiger partial charge in [0, 0.05) is 6.04 Å². The molecule has 1 N–H and O–H groups in total. The molecular weight excluding hydrogens is 322 g/mol. The largest absolute Gasteiger partial charge is 0.497 e. The maximum Gasteiger partial charge on any atom is 0.326 e. The Labute approximate surface area is 147 Å². The fourth-order valence-corrected chi connectivity index (χ4v) is 4.10. The average molecular weight is 347 g/mol. The lowest BCUT2D eigenvalue weighted by Gasteiger charge is -2.33. The zero-order chi connectivity index (χ0) is 17.8. The molecule has 0 aromatic heterocycles. The zero-order valence-electron chi connectivity index (χ0n) is 14.5. The van der Waals surface area contributed by atoms with Gasteiger partial charge in [0.1, 0.15) is 17.5 Å². The van der Waals surface area contributed by atoms with Crippen LogP contribution in [0.1, 0.15) is 38.5 Å². The molecular formula is C19H25NO5. The predicted octanol–water partition coefficient (Wildman–Crippen LogP) is 2.71. The summed E-state index contributed by atoms with van der Waals surface area (Å²) >= 11 is 0. The van der Waals surface area contributed by atoms with E-state index in [1.54, 1.807) is 36.3 Å². The van der Waals surface area contributed by atoms with Crippen molar-refractivity contribution in [3.8, 4) is 11.5 Å². The van der Waals surface area contributed by atoms with Gasteiger partial charge in [-0.2, -0.15) is 0 Å². The lowest BCUT2D eigenvalue weighted by molar-refractivity contribution is -0.150. The summed E-state index contributed by atoms with van der Waals surface area (Å²) in [4.78, 5) is 25.9. The van der Waals surface area contributed by atoms with Gasteiger partial charge in [0.15, 0.2) is 0 Å². The summed E-state index contributed by atoms with van der Waals surface area (Å²) in [5.41, 5.74) is 0. The van der Waals surface area contributed by atoms with Gasteiger partial charge in [0.25, 0.3) is 0 Å². The number of methoxy groups -OCH3 is 1. The van der Waals surface area contributed by atoms with Gasteiger partial charge in [-0.15, -0.1) is 0 Å². The molecule has 1 aliphatic carbocycles. The molecule has 1 aromatic carbocycles. The van der Waals surface area contributed by atoms with Crippen LogP contribution in [-0.4, -0.2) is 47.7 Å². The third-order valence-electron chi connectivity index (χ3n) is 5.31. The number of rotatable bonds is 6. The van der Waals surface area contributed by atoms with E-state index in [4.69, 9.17) is 9.47 Å². The Morgan fingerprint density at radius 3 is 2.52 bits per heavy atom. The predicted molar refractivity (Wildman–Crippen MR) is 91.7 cm³/mol. The monoisotopic (exact) mass is 347 g/mol. The van der Waals surface area contributed by atoms with E-state index in [0.717, 1.165) is 31.4 Å². The number of carboxylic acids is 1. The van der Waals surface area contributed by atoms with E-state index >= 15 is 0 Å². The highest BCUT2D eigenvalue weighted by atomic mass is 16.5. The number of amides is 1. The molecule has 1 heterocycles. The van der Waals surface area contributed by atoms with Crippen LogP contribution in [0.3, 0.4) is 0 Å². The fourth-order valence-electron chi connectivity index (χ4n) is 4.10. The van der Waals surface area contributed by atoms with Gasteiger partial charge in [-0.05, 0) is 49.4 Å². The minimum atomic E-state index is -0.890. The standard InChI is InChI=1S/C19H25NO5/c1-24-14-6-8-15(9-7-14)25-11-10-18(21)20-16-5-3-2-4-13(16)12-17(20)19(22)23/h6-9,13,16-17H,2-5,10-12H2,1H3,(H,22,23). The summed E-state index contributed by atoms with van der Waals surface area (Å²) in [6.45, 7) is 0.241. The van der Waals surface area contributed by atoms with Crippen molar-refractivity contribution in [2.45, 2.75) is 50.6 Å². The molecule has 1 saturated heterocycles. The van der Waals surface area contributed by atoms with E-state index in [1.807, 2.05) is 0 Å². The van der Waals surface area contributed by atoms with Crippen molar-refractivity contribution < 1.29 is 24.2 Å². The Morgan fingerprint density at radius 2 is 1.84 bits per heavy atom. The van der Waals surface area contributed by atoms with Crippen LogP contribution < -0.4 is 9.47 Å². The molecule has 25 heavy (non-hydrogen) atoms. The number of likely N-dealkylation sites (tertiary alicyclic amines) is 1. The maximum absolute atomic E-state index is 12.7. The molecule has 0 radical (unpaired) electrons. The second-order valence-electron chi connectivity index (χ2n) is 6.78. The smallest absolute Gasteiger partial charge is 0.326 e. The summed E-state index contributed by atoms with van der Waals surface area (Å²) in [5.74, 6) is 0.740. The van der Waals surface area contributed by atoms with Crippen molar-refractivity contribution in [1.29, 1.82) is 0 Å². The normalized spacial score (nSPS) is 25.3. The second-order valence-corrected chi connectivity index (χ2v) is 6.78. The summed E-state index contributed by atoms with van der Waals surface area (Å²) in [7, 11) is 1.60. The summed E-state index contributed by atoms with van der Waals surface area (Å²) < 4.78 is 10.7. The Kier molecular flexibility index (Phi) is 5.46. The average Bonchev–Trinajstić information content (AvgIpc) is 3.02. The van der Waals surface area contributed by atoms with Crippen molar-refractivity contribution in [1.82, 2.24) is 4.90 Å². The number of benzene rings is 1. The number of carbonyl (C=O) groups is 2. The molecule has 6 nitrogen and oxygen atoms in total. The minimum absolute atomic E-state index is 0.0864. The van der Waals surface area contributed by atoms with Crippen LogP contribution in [-0.2, 0) is 9.59 Å². The number of nitrogens with zero attached hydrogens (tertiary/aromatic N) is 1. The molecule has 1 saturated carbocycles. The lowest BCUT2D eigenvalue weighted by atomic mass is 9.84. The van der Waals surface area contributed by atoms with Gasteiger partial charge >= 0.3 is 5.97 Å². The Balaban J connectivity index is 1.57. The Bertz CT molecular complexity index is 615. The highest BCUT2D eigenvalue weighted by Gasteiger charge is 2.47. The van der Waals surface area contributed by atoms with E-state index in [1.165, 1.54) is 0 Å². The summed E-state index contributed by atoms with van der Waals surface area (Å²) in [5, 5.41) is 9.50. The van der Waals surface area contributed by atoms with Crippen LogP contribution in [0.4, 0.5) is 0 Å². The number of carboxylic acid groups (broad SMARTS) is 1. The van der Waals surface area contributed by atoms with Crippen LogP contribution in [0.2, 0.25) is 0 Å². The first-order valence-corrected chi connectivity index (χ1v) is 8.91. The number of ether oxygens (including phenoxy) is 2. The molecule has 6 heteroatoms.